The van der Waals surface area contributed by atoms with E-state index >= 15 is 0 Å². The van der Waals surface area contributed by atoms with Crippen LogP contribution in [0.5, 0.6) is 11.5 Å². The van der Waals surface area contributed by atoms with Crippen LogP contribution in [0.4, 0.5) is 9.52 Å². The number of Topliss-reactive ketones (excluding diaryl/α,β-unsaturated/α-hetero) is 1. The number of rotatable bonds is 5. The van der Waals surface area contributed by atoms with Gasteiger partial charge in [0.1, 0.15) is 16.6 Å². The zero-order valence-corrected chi connectivity index (χ0v) is 22.5. The van der Waals surface area contributed by atoms with Crippen molar-refractivity contribution >= 4 is 78.9 Å². The average molecular weight is 595 g/mol. The van der Waals surface area contributed by atoms with Crippen LogP contribution < -0.4 is 14.4 Å². The molecular formula is C25H15Cl3FN3O5S. The molecular weight excluding hydrogens is 580 g/mol. The van der Waals surface area contributed by atoms with Gasteiger partial charge in [-0.25, -0.2) is 9.37 Å². The van der Waals surface area contributed by atoms with Gasteiger partial charge in [0, 0.05) is 12.4 Å². The number of carbonyl (C=O) groups excluding carboxylic acids is 2. The van der Waals surface area contributed by atoms with Gasteiger partial charge in [0.25, 0.3) is 5.78 Å². The van der Waals surface area contributed by atoms with Gasteiger partial charge in [-0.15, -0.1) is 0 Å². The lowest BCUT2D eigenvalue weighted by Crippen LogP contribution is -2.29. The lowest BCUT2D eigenvalue weighted by molar-refractivity contribution is -0.132. The van der Waals surface area contributed by atoms with Crippen molar-refractivity contribution in [3.8, 4) is 11.5 Å². The van der Waals surface area contributed by atoms with Crippen LogP contribution >= 0.6 is 46.1 Å². The monoisotopic (exact) mass is 593 g/mol. The van der Waals surface area contributed by atoms with Gasteiger partial charge in [0.05, 0.1) is 51.7 Å². The predicted octanol–water partition coefficient (Wildman–Crippen LogP) is 6.43. The van der Waals surface area contributed by atoms with E-state index in [2.05, 4.69) is 9.97 Å². The first-order chi connectivity index (χ1) is 18.2. The second-order valence-corrected chi connectivity index (χ2v) is 10.2. The average Bonchev–Trinajstić information content (AvgIpc) is 3.41. The van der Waals surface area contributed by atoms with Gasteiger partial charge in [-0.3, -0.25) is 19.5 Å². The Morgan fingerprint density at radius 1 is 1.11 bits per heavy atom. The SMILES string of the molecule is COc1c(Cl)cc(/C(O)=C2\C(=O)C(=O)N(c3nc4cc(Cl)c(F)cc4s3)C2c2cccnc2)c(OC)c1Cl. The van der Waals surface area contributed by atoms with Crippen LogP contribution in [0.2, 0.25) is 15.1 Å². The van der Waals surface area contributed by atoms with Gasteiger partial charge in [0.15, 0.2) is 16.6 Å². The molecule has 1 amide bonds. The first-order valence-electron chi connectivity index (χ1n) is 10.7. The number of aromatic nitrogens is 2. The lowest BCUT2D eigenvalue weighted by Gasteiger charge is -2.23. The van der Waals surface area contributed by atoms with Crippen molar-refractivity contribution in [3.63, 3.8) is 0 Å². The number of fused-ring (bicyclic) bond motifs is 1. The highest BCUT2D eigenvalue weighted by Gasteiger charge is 2.48. The summed E-state index contributed by atoms with van der Waals surface area (Å²) < 4.78 is 25.1. The fourth-order valence-electron chi connectivity index (χ4n) is 4.19. The fourth-order valence-corrected chi connectivity index (χ4v) is 6.03. The molecule has 13 heteroatoms. The third-order valence-electron chi connectivity index (χ3n) is 5.86. The molecule has 8 nitrogen and oxygen atoms in total. The van der Waals surface area contributed by atoms with E-state index in [4.69, 9.17) is 44.3 Å². The molecule has 1 saturated heterocycles. The van der Waals surface area contributed by atoms with Crippen molar-refractivity contribution in [1.82, 2.24) is 9.97 Å². The number of hydrogen-bond acceptors (Lipinski definition) is 8. The van der Waals surface area contributed by atoms with Crippen molar-refractivity contribution in [1.29, 1.82) is 0 Å². The highest BCUT2D eigenvalue weighted by molar-refractivity contribution is 7.22. The summed E-state index contributed by atoms with van der Waals surface area (Å²) in [4.78, 5) is 36.5. The summed E-state index contributed by atoms with van der Waals surface area (Å²) >= 11 is 19.6. The van der Waals surface area contributed by atoms with Crippen molar-refractivity contribution in [3.05, 3.63) is 80.3 Å². The molecule has 0 radical (unpaired) electrons. The fraction of sp³-hybridized carbons (Fsp3) is 0.120. The Morgan fingerprint density at radius 3 is 2.50 bits per heavy atom. The summed E-state index contributed by atoms with van der Waals surface area (Å²) in [5.74, 6) is -3.11. The number of ether oxygens (including phenoxy) is 2. The van der Waals surface area contributed by atoms with E-state index in [9.17, 15) is 19.1 Å². The van der Waals surface area contributed by atoms with Crippen LogP contribution in [0.15, 0.2) is 48.3 Å². The Labute approximate surface area is 233 Å². The first kappa shape index (κ1) is 26.2. The minimum absolute atomic E-state index is 0.0216. The number of halogens is 4. The number of aliphatic hydroxyl groups excluding tert-OH is 1. The number of ketones is 1. The van der Waals surface area contributed by atoms with Crippen molar-refractivity contribution in [2.24, 2.45) is 0 Å². The first-order valence-corrected chi connectivity index (χ1v) is 12.7. The number of hydrogen-bond donors (Lipinski definition) is 1. The number of benzene rings is 2. The molecule has 2 aromatic carbocycles. The van der Waals surface area contributed by atoms with E-state index in [1.54, 1.807) is 12.1 Å². The number of nitrogens with zero attached hydrogens (tertiary/aromatic N) is 3. The zero-order valence-electron chi connectivity index (χ0n) is 19.5. The Kier molecular flexibility index (Phi) is 6.91. The maximum atomic E-state index is 14.1. The third-order valence-corrected chi connectivity index (χ3v) is 7.80. The minimum atomic E-state index is -1.14. The summed E-state index contributed by atoms with van der Waals surface area (Å²) in [6, 6.07) is 5.95. The molecule has 3 heterocycles. The van der Waals surface area contributed by atoms with E-state index in [0.717, 1.165) is 16.2 Å². The molecule has 5 rings (SSSR count). The Bertz CT molecular complexity index is 1620. The van der Waals surface area contributed by atoms with E-state index < -0.39 is 29.3 Å². The molecule has 1 N–H and O–H groups in total. The molecule has 1 fully saturated rings. The largest absolute Gasteiger partial charge is 0.507 e. The minimum Gasteiger partial charge on any atom is -0.507 e. The summed E-state index contributed by atoms with van der Waals surface area (Å²) in [6.07, 6.45) is 2.97. The standard InChI is InChI=1S/C25H15Cl3FN3O5S/c1-36-22-11(6-13(27)23(37-2)18(22)28)20(33)17-19(10-4-3-5-30-9-10)32(24(35)21(17)34)25-31-15-7-12(26)14(29)8-16(15)38-25/h3-9,19,33H,1-2H3/b20-17+. The Morgan fingerprint density at radius 2 is 1.84 bits per heavy atom. The molecule has 0 spiro atoms. The van der Waals surface area contributed by atoms with E-state index in [-0.39, 0.29) is 42.8 Å². The zero-order chi connectivity index (χ0) is 27.3. The van der Waals surface area contributed by atoms with Crippen LogP contribution in [0.1, 0.15) is 17.2 Å². The molecule has 1 aliphatic rings. The number of thiazole rings is 1. The molecule has 1 unspecified atom stereocenters. The maximum Gasteiger partial charge on any atom is 0.301 e. The third kappa shape index (κ3) is 4.14. The Balaban J connectivity index is 1.77. The van der Waals surface area contributed by atoms with Crippen molar-refractivity contribution in [2.75, 3.05) is 19.1 Å². The number of anilines is 1. The van der Waals surface area contributed by atoms with E-state index in [1.165, 1.54) is 44.8 Å². The summed E-state index contributed by atoms with van der Waals surface area (Å²) in [7, 11) is 2.67. The molecule has 1 aliphatic heterocycles. The quantitative estimate of drug-likeness (QED) is 0.161. The summed E-state index contributed by atoms with van der Waals surface area (Å²) in [5, 5.41) is 11.4. The van der Waals surface area contributed by atoms with E-state index in [1.807, 2.05) is 0 Å². The highest BCUT2D eigenvalue weighted by Crippen LogP contribution is 2.48. The van der Waals surface area contributed by atoms with Crippen LogP contribution in [-0.2, 0) is 9.59 Å². The smallest absolute Gasteiger partial charge is 0.301 e. The van der Waals surface area contributed by atoms with E-state index in [0.29, 0.717) is 15.8 Å². The molecule has 38 heavy (non-hydrogen) atoms. The van der Waals surface area contributed by atoms with Gasteiger partial charge >= 0.3 is 5.91 Å². The normalized spacial score (nSPS) is 16.9. The van der Waals surface area contributed by atoms with Crippen molar-refractivity contribution < 1.29 is 28.6 Å². The molecule has 0 bridgehead atoms. The maximum absolute atomic E-state index is 14.1. The number of aliphatic hydroxyl groups is 1. The number of carbonyl (C=O) groups is 2. The van der Waals surface area contributed by atoms with Gasteiger partial charge in [-0.05, 0) is 29.8 Å². The topological polar surface area (TPSA) is 102 Å². The second kappa shape index (κ2) is 10.0. The highest BCUT2D eigenvalue weighted by atomic mass is 35.5. The van der Waals surface area contributed by atoms with Gasteiger partial charge in [0.2, 0.25) is 0 Å². The van der Waals surface area contributed by atoms with Gasteiger partial charge in [-0.1, -0.05) is 52.2 Å². The lowest BCUT2D eigenvalue weighted by atomic mass is 9.96. The molecule has 0 saturated carbocycles. The van der Waals surface area contributed by atoms with Crippen LogP contribution in [0.25, 0.3) is 16.0 Å². The number of amides is 1. The molecule has 4 aromatic rings. The van der Waals surface area contributed by atoms with Gasteiger partial charge in [-0.2, -0.15) is 0 Å². The van der Waals surface area contributed by atoms with Gasteiger partial charge < -0.3 is 14.6 Å². The van der Waals surface area contributed by atoms with Crippen LogP contribution in [0, 0.1) is 5.82 Å². The molecule has 0 aliphatic carbocycles. The number of methoxy groups -OCH3 is 2. The molecule has 1 atom stereocenters. The Hall–Kier alpha value is -3.44. The summed E-state index contributed by atoms with van der Waals surface area (Å²) in [5.41, 5.74) is 0.426. The predicted molar refractivity (Wildman–Crippen MR) is 143 cm³/mol. The molecule has 194 valence electrons. The van der Waals surface area contributed by atoms with Crippen molar-refractivity contribution in [2.45, 2.75) is 6.04 Å². The summed E-state index contributed by atoms with van der Waals surface area (Å²) in [6.45, 7) is 0. The second-order valence-electron chi connectivity index (χ2n) is 7.97. The molecule has 2 aromatic heterocycles. The van der Waals surface area contributed by atoms with Crippen LogP contribution in [-0.4, -0.2) is 41.0 Å². The van der Waals surface area contributed by atoms with Crippen LogP contribution in [0.3, 0.4) is 0 Å². The number of pyridine rings is 1.